The molecule has 4 atom stereocenters. The quantitative estimate of drug-likeness (QED) is 0.382. The van der Waals surface area contributed by atoms with Gasteiger partial charge in [0.15, 0.2) is 17.3 Å². The van der Waals surface area contributed by atoms with E-state index in [0.717, 1.165) is 58.4 Å². The Morgan fingerprint density at radius 1 is 1.26 bits per heavy atom. The highest BCUT2D eigenvalue weighted by Gasteiger charge is 2.29. The second kappa shape index (κ2) is 11.0. The molecule has 0 fully saturated rings. The van der Waals surface area contributed by atoms with E-state index in [1.54, 1.807) is 11.8 Å². The van der Waals surface area contributed by atoms with E-state index >= 15 is 0 Å². The van der Waals surface area contributed by atoms with Crippen LogP contribution in [0.2, 0.25) is 0 Å². The van der Waals surface area contributed by atoms with Crippen LogP contribution < -0.4 is 15.2 Å². The molecule has 0 spiro atoms. The molecule has 2 aliphatic heterocycles. The van der Waals surface area contributed by atoms with E-state index in [4.69, 9.17) is 20.2 Å². The van der Waals surface area contributed by atoms with Crippen LogP contribution in [-0.4, -0.2) is 35.8 Å². The Balaban J connectivity index is 1.54. The largest absolute Gasteiger partial charge is 0.772 e. The lowest BCUT2D eigenvalue weighted by atomic mass is 9.84. The van der Waals surface area contributed by atoms with Crippen LogP contribution in [-0.2, 0) is 11.1 Å². The molecule has 184 valence electrons. The second-order valence-corrected chi connectivity index (χ2v) is 11.2. The van der Waals surface area contributed by atoms with Gasteiger partial charge in [-0.2, -0.15) is 0 Å². The van der Waals surface area contributed by atoms with Crippen LogP contribution in [0.1, 0.15) is 69.5 Å². The predicted molar refractivity (Wildman–Crippen MR) is 135 cm³/mol. The molecule has 10 heteroatoms. The molecule has 3 heterocycles. The van der Waals surface area contributed by atoms with Gasteiger partial charge in [-0.15, -0.1) is 0 Å². The summed E-state index contributed by atoms with van der Waals surface area (Å²) in [6.45, 7) is 6.39. The number of hydrogen-bond acceptors (Lipinski definition) is 9. The van der Waals surface area contributed by atoms with Crippen molar-refractivity contribution in [2.45, 2.75) is 75.4 Å². The molecule has 0 saturated carbocycles. The Bertz CT molecular complexity index is 1090. The highest BCUT2D eigenvalue weighted by molar-refractivity contribution is 8.14. The SMILES string of the molecule is CCC(CCCCC1CC(Sc2cc3c(cc2C)OCO3)=Nc2c(N)ncnc2C1C)S(=O)[O-]. The van der Waals surface area contributed by atoms with Gasteiger partial charge in [0.25, 0.3) is 0 Å². The van der Waals surface area contributed by atoms with Crippen LogP contribution in [0.5, 0.6) is 11.5 Å². The topological polar surface area (TPSA) is 123 Å². The summed E-state index contributed by atoms with van der Waals surface area (Å²) in [6.07, 6.45) is 6.46. The lowest BCUT2D eigenvalue weighted by molar-refractivity contribution is 0.174. The van der Waals surface area contributed by atoms with Crippen molar-refractivity contribution in [2.75, 3.05) is 12.5 Å². The first-order chi connectivity index (χ1) is 16.4. The summed E-state index contributed by atoms with van der Waals surface area (Å²) < 4.78 is 33.8. The Morgan fingerprint density at radius 3 is 2.76 bits per heavy atom. The number of hydrogen-bond donors (Lipinski definition) is 1. The minimum atomic E-state index is -2.01. The lowest BCUT2D eigenvalue weighted by Crippen LogP contribution is -2.15. The second-order valence-electron chi connectivity index (χ2n) is 8.90. The molecule has 34 heavy (non-hydrogen) atoms. The van der Waals surface area contributed by atoms with Crippen molar-refractivity contribution in [3.63, 3.8) is 0 Å². The zero-order chi connectivity index (χ0) is 24.2. The molecule has 0 bridgehead atoms. The number of ether oxygens (including phenoxy) is 2. The number of nitrogen functional groups attached to an aromatic ring is 1. The molecule has 0 aliphatic carbocycles. The van der Waals surface area contributed by atoms with Crippen LogP contribution in [0, 0.1) is 12.8 Å². The molecule has 0 radical (unpaired) electrons. The number of nitrogens with two attached hydrogens (primary N) is 1. The van der Waals surface area contributed by atoms with Crippen molar-refractivity contribution in [2.24, 2.45) is 10.9 Å². The number of aliphatic imine (C=N–C) groups is 1. The van der Waals surface area contributed by atoms with Crippen LogP contribution in [0.3, 0.4) is 0 Å². The summed E-state index contributed by atoms with van der Waals surface area (Å²) in [5.74, 6) is 2.38. The van der Waals surface area contributed by atoms with E-state index in [2.05, 4.69) is 23.8 Å². The van der Waals surface area contributed by atoms with Crippen LogP contribution in [0.25, 0.3) is 0 Å². The molecular formula is C24H31N4O4S2-. The summed E-state index contributed by atoms with van der Waals surface area (Å²) in [7, 11) is 0. The predicted octanol–water partition coefficient (Wildman–Crippen LogP) is 5.26. The van der Waals surface area contributed by atoms with Gasteiger partial charge < -0.3 is 19.8 Å². The van der Waals surface area contributed by atoms with Crippen molar-refractivity contribution in [1.82, 2.24) is 9.97 Å². The zero-order valence-corrected chi connectivity index (χ0v) is 21.4. The van der Waals surface area contributed by atoms with Gasteiger partial charge in [0.05, 0.1) is 10.7 Å². The van der Waals surface area contributed by atoms with E-state index in [-0.39, 0.29) is 18.0 Å². The highest BCUT2D eigenvalue weighted by atomic mass is 32.2. The third-order valence-electron chi connectivity index (χ3n) is 6.67. The molecule has 0 saturated heterocycles. The normalized spacial score (nSPS) is 20.9. The van der Waals surface area contributed by atoms with Crippen LogP contribution in [0.15, 0.2) is 28.3 Å². The number of nitrogens with zero attached hydrogens (tertiary/aromatic N) is 3. The smallest absolute Gasteiger partial charge is 0.231 e. The molecule has 4 rings (SSSR count). The fourth-order valence-corrected chi connectivity index (χ4v) is 6.25. The molecule has 1 aromatic carbocycles. The van der Waals surface area contributed by atoms with E-state index in [9.17, 15) is 8.76 Å². The summed E-state index contributed by atoms with van der Waals surface area (Å²) in [6, 6.07) is 4.01. The first-order valence-corrected chi connectivity index (χ1v) is 13.7. The number of benzene rings is 1. The number of aromatic nitrogens is 2. The van der Waals surface area contributed by atoms with E-state index in [1.807, 2.05) is 19.1 Å². The van der Waals surface area contributed by atoms with Crippen molar-refractivity contribution in [1.29, 1.82) is 0 Å². The Morgan fingerprint density at radius 2 is 2.03 bits per heavy atom. The Kier molecular flexibility index (Phi) is 8.10. The fourth-order valence-electron chi connectivity index (χ4n) is 4.54. The highest BCUT2D eigenvalue weighted by Crippen LogP contribution is 2.44. The van der Waals surface area contributed by atoms with Crippen LogP contribution >= 0.6 is 11.8 Å². The minimum absolute atomic E-state index is 0.163. The van der Waals surface area contributed by atoms with Gasteiger partial charge in [0.2, 0.25) is 6.79 Å². The summed E-state index contributed by atoms with van der Waals surface area (Å²) in [4.78, 5) is 14.7. The van der Waals surface area contributed by atoms with E-state index in [1.165, 1.54) is 6.33 Å². The average Bonchev–Trinajstić information content (AvgIpc) is 3.20. The van der Waals surface area contributed by atoms with Crippen LogP contribution in [0.4, 0.5) is 11.5 Å². The average molecular weight is 504 g/mol. The van der Waals surface area contributed by atoms with Gasteiger partial charge in [0, 0.05) is 16.1 Å². The first-order valence-electron chi connectivity index (χ1n) is 11.7. The molecule has 2 aromatic rings. The van der Waals surface area contributed by atoms with Crippen molar-refractivity contribution < 1.29 is 18.2 Å². The Hall–Kier alpha value is -2.17. The number of fused-ring (bicyclic) bond motifs is 2. The molecule has 0 amide bonds. The lowest BCUT2D eigenvalue weighted by Gasteiger charge is -2.23. The van der Waals surface area contributed by atoms with Crippen molar-refractivity contribution in [3.8, 4) is 11.5 Å². The van der Waals surface area contributed by atoms with Gasteiger partial charge in [-0.3, -0.25) is 4.21 Å². The zero-order valence-electron chi connectivity index (χ0n) is 19.8. The van der Waals surface area contributed by atoms with Crippen molar-refractivity contribution in [3.05, 3.63) is 29.7 Å². The summed E-state index contributed by atoms with van der Waals surface area (Å²) in [5, 5.41) is 0.702. The van der Waals surface area contributed by atoms with E-state index in [0.29, 0.717) is 30.3 Å². The minimum Gasteiger partial charge on any atom is -0.772 e. The Labute approximate surface area is 207 Å². The molecule has 2 aliphatic rings. The summed E-state index contributed by atoms with van der Waals surface area (Å²) >= 11 is -0.385. The third kappa shape index (κ3) is 5.55. The first kappa shape index (κ1) is 24.9. The maximum Gasteiger partial charge on any atom is 0.231 e. The molecule has 1 aromatic heterocycles. The van der Waals surface area contributed by atoms with Gasteiger partial charge in [-0.1, -0.05) is 49.5 Å². The third-order valence-corrected chi connectivity index (χ3v) is 8.93. The monoisotopic (exact) mass is 503 g/mol. The standard InChI is InChI=1S/C24H32N4O4S2/c1-4-17(34(29)30)8-6-5-7-16-10-21(28-23-22(15(16)3)26-12-27-24(23)25)33-20-11-19-18(9-14(20)2)31-13-32-19/h9,11-12,15-17H,4-8,10,13H2,1-3H3,(H,29,30)(H2,25,26,27)/p-1. The molecule has 8 nitrogen and oxygen atoms in total. The van der Waals surface area contributed by atoms with Gasteiger partial charge in [-0.25, -0.2) is 15.0 Å². The molecule has 4 unspecified atom stereocenters. The number of rotatable bonds is 8. The maximum absolute atomic E-state index is 11.3. The van der Waals surface area contributed by atoms with Crippen molar-refractivity contribution >= 4 is 39.4 Å². The molecular weight excluding hydrogens is 472 g/mol. The summed E-state index contributed by atoms with van der Waals surface area (Å²) in [5.41, 5.74) is 8.85. The molecule has 2 N–H and O–H groups in total. The van der Waals surface area contributed by atoms with Gasteiger partial charge in [-0.05, 0) is 56.2 Å². The number of aryl methyl sites for hydroxylation is 1. The number of unbranched alkanes of at least 4 members (excludes halogenated alkanes) is 1. The maximum atomic E-state index is 11.3. The fraction of sp³-hybridized carbons (Fsp3) is 0.542. The number of thioether (sulfide) groups is 1. The van der Waals surface area contributed by atoms with Gasteiger partial charge >= 0.3 is 0 Å². The number of anilines is 1. The van der Waals surface area contributed by atoms with E-state index < -0.39 is 11.1 Å². The van der Waals surface area contributed by atoms with Gasteiger partial charge in [0.1, 0.15) is 12.0 Å².